The summed E-state index contributed by atoms with van der Waals surface area (Å²) in [5.74, 6) is -0.00836. The van der Waals surface area contributed by atoms with Crippen molar-refractivity contribution < 1.29 is 17.9 Å². The molecule has 1 aromatic carbocycles. The van der Waals surface area contributed by atoms with Crippen LogP contribution in [0.4, 0.5) is 13.2 Å². The first-order chi connectivity index (χ1) is 8.47. The molecule has 0 saturated carbocycles. The lowest BCUT2D eigenvalue weighted by Crippen LogP contribution is -2.07. The normalized spacial score (nSPS) is 11.3. The molecule has 2 rings (SSSR count). The minimum Gasteiger partial charge on any atom is -0.455 e. The topological polar surface area (TPSA) is 22.1 Å². The lowest BCUT2D eigenvalue weighted by Gasteiger charge is -2.12. The van der Waals surface area contributed by atoms with Crippen molar-refractivity contribution in [1.29, 1.82) is 0 Å². The molecule has 1 heterocycles. The highest BCUT2D eigenvalue weighted by Crippen LogP contribution is 2.37. The van der Waals surface area contributed by atoms with Crippen molar-refractivity contribution in [3.8, 4) is 11.5 Å². The summed E-state index contributed by atoms with van der Waals surface area (Å²) >= 11 is 3.22. The van der Waals surface area contributed by atoms with Crippen LogP contribution in [0.25, 0.3) is 0 Å². The molecule has 0 fully saturated rings. The van der Waals surface area contributed by atoms with Gasteiger partial charge in [-0.1, -0.05) is 22.0 Å². The molecule has 0 spiro atoms. The van der Waals surface area contributed by atoms with Gasteiger partial charge in [-0.2, -0.15) is 13.2 Å². The molecule has 0 aliphatic heterocycles. The van der Waals surface area contributed by atoms with Crippen molar-refractivity contribution in [3.63, 3.8) is 0 Å². The molecular formula is C12H7BrF3NO. The maximum Gasteiger partial charge on any atom is 0.420 e. The van der Waals surface area contributed by atoms with Crippen LogP contribution in [0, 0.1) is 0 Å². The molecule has 1 aromatic heterocycles. The maximum atomic E-state index is 12.7. The van der Waals surface area contributed by atoms with E-state index in [1.165, 1.54) is 0 Å². The number of pyridine rings is 1. The van der Waals surface area contributed by atoms with Crippen LogP contribution in [-0.2, 0) is 6.18 Å². The number of hydrogen-bond acceptors (Lipinski definition) is 2. The van der Waals surface area contributed by atoms with Gasteiger partial charge in [0.1, 0.15) is 11.3 Å². The predicted octanol–water partition coefficient (Wildman–Crippen LogP) is 4.66. The van der Waals surface area contributed by atoms with Crippen molar-refractivity contribution in [2.75, 3.05) is 0 Å². The van der Waals surface area contributed by atoms with E-state index < -0.39 is 11.7 Å². The van der Waals surface area contributed by atoms with Gasteiger partial charge in [0, 0.05) is 10.7 Å². The van der Waals surface area contributed by atoms with Gasteiger partial charge in [-0.15, -0.1) is 0 Å². The third-order valence-corrected chi connectivity index (χ3v) is 2.61. The third kappa shape index (κ3) is 3.01. The first-order valence-corrected chi connectivity index (χ1v) is 5.71. The molecule has 0 aliphatic carbocycles. The number of benzene rings is 1. The lowest BCUT2D eigenvalue weighted by atomic mass is 10.2. The summed E-state index contributed by atoms with van der Waals surface area (Å²) in [5, 5.41) is 0. The Labute approximate surface area is 110 Å². The van der Waals surface area contributed by atoms with Crippen LogP contribution < -0.4 is 4.74 Å². The number of halogens is 4. The van der Waals surface area contributed by atoms with Crippen LogP contribution in [0.2, 0.25) is 0 Å². The van der Waals surface area contributed by atoms with Gasteiger partial charge in [-0.3, -0.25) is 4.98 Å². The first kappa shape index (κ1) is 12.9. The Morgan fingerprint density at radius 1 is 1.17 bits per heavy atom. The van der Waals surface area contributed by atoms with E-state index >= 15 is 0 Å². The summed E-state index contributed by atoms with van der Waals surface area (Å²) in [5.41, 5.74) is -0.850. The van der Waals surface area contributed by atoms with Crippen LogP contribution in [0.15, 0.2) is 47.2 Å². The molecule has 2 nitrogen and oxygen atoms in total. The van der Waals surface area contributed by atoms with E-state index in [1.807, 2.05) is 0 Å². The molecule has 0 amide bonds. The van der Waals surface area contributed by atoms with Crippen LogP contribution in [0.1, 0.15) is 5.56 Å². The van der Waals surface area contributed by atoms with E-state index in [-0.39, 0.29) is 5.75 Å². The number of rotatable bonds is 2. The summed E-state index contributed by atoms with van der Waals surface area (Å²) < 4.78 is 44.1. The zero-order valence-corrected chi connectivity index (χ0v) is 10.5. The van der Waals surface area contributed by atoms with E-state index in [4.69, 9.17) is 4.74 Å². The van der Waals surface area contributed by atoms with Crippen LogP contribution in [0.5, 0.6) is 11.5 Å². The van der Waals surface area contributed by atoms with Crippen LogP contribution in [-0.4, -0.2) is 4.98 Å². The Bertz CT molecular complexity index is 557. The number of aromatic nitrogens is 1. The van der Waals surface area contributed by atoms with Gasteiger partial charge in [0.25, 0.3) is 0 Å². The Kier molecular flexibility index (Phi) is 3.56. The highest BCUT2D eigenvalue weighted by molar-refractivity contribution is 9.10. The van der Waals surface area contributed by atoms with Crippen molar-refractivity contribution in [1.82, 2.24) is 4.98 Å². The highest BCUT2D eigenvalue weighted by atomic mass is 79.9. The second kappa shape index (κ2) is 4.97. The smallest absolute Gasteiger partial charge is 0.420 e. The average Bonchev–Trinajstić information content (AvgIpc) is 2.28. The summed E-state index contributed by atoms with van der Waals surface area (Å²) in [7, 11) is 0. The quantitative estimate of drug-likeness (QED) is 0.804. The molecule has 94 valence electrons. The van der Waals surface area contributed by atoms with Gasteiger partial charge < -0.3 is 4.74 Å². The van der Waals surface area contributed by atoms with E-state index in [1.54, 1.807) is 24.3 Å². The van der Waals surface area contributed by atoms with E-state index in [2.05, 4.69) is 20.9 Å². The summed E-state index contributed by atoms with van der Waals surface area (Å²) in [6, 6.07) is 7.45. The minimum atomic E-state index is -4.47. The minimum absolute atomic E-state index is 0.308. The summed E-state index contributed by atoms with van der Waals surface area (Å²) in [6.07, 6.45) is -2.34. The SMILES string of the molecule is FC(F)(F)c1ccncc1Oc1cccc(Br)c1. The zero-order valence-electron chi connectivity index (χ0n) is 8.91. The highest BCUT2D eigenvalue weighted by Gasteiger charge is 2.34. The molecule has 0 unspecified atom stereocenters. The molecule has 0 bridgehead atoms. The molecule has 0 N–H and O–H groups in total. The molecule has 6 heteroatoms. The second-order valence-electron chi connectivity index (χ2n) is 3.43. The molecule has 2 aromatic rings. The fourth-order valence-electron chi connectivity index (χ4n) is 1.35. The molecule has 0 aliphatic rings. The Morgan fingerprint density at radius 3 is 2.61 bits per heavy atom. The summed E-state index contributed by atoms with van der Waals surface area (Å²) in [4.78, 5) is 3.64. The van der Waals surface area contributed by atoms with Crippen LogP contribution in [0.3, 0.4) is 0 Å². The van der Waals surface area contributed by atoms with Gasteiger partial charge >= 0.3 is 6.18 Å². The molecule has 0 atom stereocenters. The van der Waals surface area contributed by atoms with Crippen molar-refractivity contribution in [2.45, 2.75) is 6.18 Å². The fraction of sp³-hybridized carbons (Fsp3) is 0.0833. The number of hydrogen-bond donors (Lipinski definition) is 0. The lowest BCUT2D eigenvalue weighted by molar-refractivity contribution is -0.138. The summed E-state index contributed by atoms with van der Waals surface area (Å²) in [6.45, 7) is 0. The van der Waals surface area contributed by atoms with Gasteiger partial charge in [0.15, 0.2) is 5.75 Å². The zero-order chi connectivity index (χ0) is 13.2. The molecular weight excluding hydrogens is 311 g/mol. The van der Waals surface area contributed by atoms with E-state index in [0.717, 1.165) is 22.9 Å². The molecule has 0 saturated heterocycles. The maximum absolute atomic E-state index is 12.7. The third-order valence-electron chi connectivity index (χ3n) is 2.11. The second-order valence-corrected chi connectivity index (χ2v) is 4.34. The Morgan fingerprint density at radius 2 is 1.94 bits per heavy atom. The van der Waals surface area contributed by atoms with E-state index in [9.17, 15) is 13.2 Å². The van der Waals surface area contributed by atoms with Crippen LogP contribution >= 0.6 is 15.9 Å². The Hall–Kier alpha value is -1.56. The van der Waals surface area contributed by atoms with Gasteiger partial charge in [-0.25, -0.2) is 0 Å². The number of nitrogens with zero attached hydrogens (tertiary/aromatic N) is 1. The predicted molar refractivity (Wildman–Crippen MR) is 63.5 cm³/mol. The van der Waals surface area contributed by atoms with Crippen molar-refractivity contribution in [2.24, 2.45) is 0 Å². The fourth-order valence-corrected chi connectivity index (χ4v) is 1.73. The van der Waals surface area contributed by atoms with Crippen molar-refractivity contribution >= 4 is 15.9 Å². The largest absolute Gasteiger partial charge is 0.455 e. The first-order valence-electron chi connectivity index (χ1n) is 4.91. The number of alkyl halides is 3. The van der Waals surface area contributed by atoms with Gasteiger partial charge in [-0.05, 0) is 24.3 Å². The van der Waals surface area contributed by atoms with Gasteiger partial charge in [0.05, 0.1) is 6.20 Å². The average molecular weight is 318 g/mol. The molecule has 0 radical (unpaired) electrons. The number of ether oxygens (including phenoxy) is 1. The van der Waals surface area contributed by atoms with E-state index in [0.29, 0.717) is 5.75 Å². The molecule has 18 heavy (non-hydrogen) atoms. The van der Waals surface area contributed by atoms with Gasteiger partial charge in [0.2, 0.25) is 0 Å². The Balaban J connectivity index is 2.35. The monoisotopic (exact) mass is 317 g/mol. The van der Waals surface area contributed by atoms with Crippen molar-refractivity contribution in [3.05, 3.63) is 52.8 Å². The standard InChI is InChI=1S/C12H7BrF3NO/c13-8-2-1-3-9(6-8)18-11-7-17-5-4-10(11)12(14,15)16/h1-7H.